The average Bonchev–Trinajstić information content (AvgIpc) is 2.64. The maximum absolute atomic E-state index is 6.01. The van der Waals surface area contributed by atoms with E-state index in [2.05, 4.69) is 11.9 Å². The molecule has 2 aliphatic carbocycles. The van der Waals surface area contributed by atoms with Crippen LogP contribution < -0.4 is 5.73 Å². The Morgan fingerprint density at radius 2 is 1.50 bits per heavy atom. The van der Waals surface area contributed by atoms with E-state index in [-0.39, 0.29) is 0 Å². The highest BCUT2D eigenvalue weighted by Crippen LogP contribution is 2.29. The number of rotatable bonds is 4. The number of hydrogen-bond acceptors (Lipinski definition) is 2. The van der Waals surface area contributed by atoms with Gasteiger partial charge in [-0.25, -0.2) is 0 Å². The van der Waals surface area contributed by atoms with Gasteiger partial charge in [0.2, 0.25) is 0 Å². The summed E-state index contributed by atoms with van der Waals surface area (Å²) < 4.78 is 0. The van der Waals surface area contributed by atoms with Crippen molar-refractivity contribution >= 4 is 0 Å². The van der Waals surface area contributed by atoms with Crippen LogP contribution in [-0.2, 0) is 0 Å². The van der Waals surface area contributed by atoms with Gasteiger partial charge in [-0.05, 0) is 51.1 Å². The van der Waals surface area contributed by atoms with Crippen LogP contribution in [0.2, 0.25) is 0 Å². The standard InChI is InChI=1S/C16H32N2/c1-18(13-14-8-4-2-5-9-14)16-11-7-3-6-10-15(16)12-17/h14-16H,2-13,17H2,1H3. The summed E-state index contributed by atoms with van der Waals surface area (Å²) in [7, 11) is 2.35. The topological polar surface area (TPSA) is 29.3 Å². The van der Waals surface area contributed by atoms with E-state index in [0.717, 1.165) is 24.4 Å². The molecule has 2 atom stereocenters. The third-order valence-corrected chi connectivity index (χ3v) is 5.26. The highest BCUT2D eigenvalue weighted by Gasteiger charge is 2.27. The SMILES string of the molecule is CN(CC1CCCCC1)C1CCCCCC1CN. The zero-order valence-electron chi connectivity index (χ0n) is 12.2. The van der Waals surface area contributed by atoms with Gasteiger partial charge >= 0.3 is 0 Å². The quantitative estimate of drug-likeness (QED) is 0.777. The first-order valence-electron chi connectivity index (χ1n) is 8.21. The molecule has 0 aromatic carbocycles. The average molecular weight is 252 g/mol. The molecule has 0 aromatic heterocycles. The Morgan fingerprint density at radius 1 is 0.889 bits per heavy atom. The molecule has 2 N–H and O–H groups in total. The summed E-state index contributed by atoms with van der Waals surface area (Å²) in [6.45, 7) is 2.21. The van der Waals surface area contributed by atoms with Crippen LogP contribution in [-0.4, -0.2) is 31.1 Å². The highest BCUT2D eigenvalue weighted by atomic mass is 15.1. The van der Waals surface area contributed by atoms with Crippen LogP contribution in [0, 0.1) is 11.8 Å². The molecule has 0 aromatic rings. The van der Waals surface area contributed by atoms with Crippen LogP contribution in [0.1, 0.15) is 64.2 Å². The monoisotopic (exact) mass is 252 g/mol. The predicted molar refractivity (Wildman–Crippen MR) is 78.6 cm³/mol. The Hall–Kier alpha value is -0.0800. The lowest BCUT2D eigenvalue weighted by molar-refractivity contribution is 0.133. The van der Waals surface area contributed by atoms with E-state index in [0.29, 0.717) is 0 Å². The Labute approximate surface area is 113 Å². The third-order valence-electron chi connectivity index (χ3n) is 5.26. The van der Waals surface area contributed by atoms with Crippen molar-refractivity contribution in [2.45, 2.75) is 70.3 Å². The second-order valence-corrected chi connectivity index (χ2v) is 6.64. The van der Waals surface area contributed by atoms with Gasteiger partial charge in [-0.15, -0.1) is 0 Å². The second kappa shape index (κ2) is 7.49. The lowest BCUT2D eigenvalue weighted by Crippen LogP contribution is -2.43. The van der Waals surface area contributed by atoms with Gasteiger partial charge in [-0.2, -0.15) is 0 Å². The van der Waals surface area contributed by atoms with Crippen LogP contribution in [0.3, 0.4) is 0 Å². The molecule has 2 nitrogen and oxygen atoms in total. The maximum Gasteiger partial charge on any atom is 0.0133 e. The van der Waals surface area contributed by atoms with Gasteiger partial charge < -0.3 is 10.6 Å². The summed E-state index contributed by atoms with van der Waals surface area (Å²) in [5.41, 5.74) is 6.01. The molecule has 0 spiro atoms. The summed E-state index contributed by atoms with van der Waals surface area (Å²) >= 11 is 0. The van der Waals surface area contributed by atoms with E-state index in [4.69, 9.17) is 5.73 Å². The molecular weight excluding hydrogens is 220 g/mol. The van der Waals surface area contributed by atoms with Gasteiger partial charge in [0.1, 0.15) is 0 Å². The van der Waals surface area contributed by atoms with Gasteiger partial charge in [0.25, 0.3) is 0 Å². The van der Waals surface area contributed by atoms with E-state index >= 15 is 0 Å². The van der Waals surface area contributed by atoms with Crippen molar-refractivity contribution in [1.82, 2.24) is 4.90 Å². The van der Waals surface area contributed by atoms with Crippen molar-refractivity contribution in [3.8, 4) is 0 Å². The summed E-state index contributed by atoms with van der Waals surface area (Å²) in [5.74, 6) is 1.71. The largest absolute Gasteiger partial charge is 0.330 e. The van der Waals surface area contributed by atoms with E-state index < -0.39 is 0 Å². The first-order chi connectivity index (χ1) is 8.81. The van der Waals surface area contributed by atoms with E-state index in [1.54, 1.807) is 0 Å². The van der Waals surface area contributed by atoms with Crippen LogP contribution in [0.25, 0.3) is 0 Å². The predicted octanol–water partition coefficient (Wildman–Crippen LogP) is 3.41. The molecule has 0 radical (unpaired) electrons. The van der Waals surface area contributed by atoms with Crippen molar-refractivity contribution in [3.63, 3.8) is 0 Å². The minimum absolute atomic E-state index is 0.751. The van der Waals surface area contributed by atoms with Crippen molar-refractivity contribution in [3.05, 3.63) is 0 Å². The molecule has 2 aliphatic rings. The van der Waals surface area contributed by atoms with Gasteiger partial charge in [0.05, 0.1) is 0 Å². The maximum atomic E-state index is 6.01. The molecule has 2 rings (SSSR count). The van der Waals surface area contributed by atoms with Crippen molar-refractivity contribution in [2.24, 2.45) is 17.6 Å². The van der Waals surface area contributed by atoms with E-state index in [1.165, 1.54) is 70.8 Å². The smallest absolute Gasteiger partial charge is 0.0133 e. The summed E-state index contributed by atoms with van der Waals surface area (Å²) in [5, 5.41) is 0. The first kappa shape index (κ1) is 14.3. The van der Waals surface area contributed by atoms with Crippen LogP contribution in [0.4, 0.5) is 0 Å². The van der Waals surface area contributed by atoms with Gasteiger partial charge in [-0.1, -0.05) is 38.5 Å². The summed E-state index contributed by atoms with van der Waals surface area (Å²) in [6, 6.07) is 0.763. The molecule has 2 saturated carbocycles. The normalized spacial score (nSPS) is 31.5. The molecule has 0 amide bonds. The van der Waals surface area contributed by atoms with Crippen molar-refractivity contribution in [1.29, 1.82) is 0 Å². The minimum Gasteiger partial charge on any atom is -0.330 e. The summed E-state index contributed by atoms with van der Waals surface area (Å²) in [6.07, 6.45) is 14.3. The van der Waals surface area contributed by atoms with Crippen molar-refractivity contribution in [2.75, 3.05) is 20.1 Å². The molecule has 0 bridgehead atoms. The van der Waals surface area contributed by atoms with Gasteiger partial charge in [0, 0.05) is 12.6 Å². The summed E-state index contributed by atoms with van der Waals surface area (Å²) in [4.78, 5) is 2.67. The number of nitrogens with zero attached hydrogens (tertiary/aromatic N) is 1. The fourth-order valence-corrected chi connectivity index (χ4v) is 4.13. The van der Waals surface area contributed by atoms with Crippen LogP contribution >= 0.6 is 0 Å². The lowest BCUT2D eigenvalue weighted by atomic mass is 9.87. The highest BCUT2D eigenvalue weighted by molar-refractivity contribution is 4.82. The Kier molecular flexibility index (Phi) is 5.97. The molecule has 0 aliphatic heterocycles. The lowest BCUT2D eigenvalue weighted by Gasteiger charge is -2.36. The van der Waals surface area contributed by atoms with Gasteiger partial charge in [0.15, 0.2) is 0 Å². The molecule has 18 heavy (non-hydrogen) atoms. The number of nitrogens with two attached hydrogens (primary N) is 1. The second-order valence-electron chi connectivity index (χ2n) is 6.64. The third kappa shape index (κ3) is 3.96. The Balaban J connectivity index is 1.86. The fourth-order valence-electron chi connectivity index (χ4n) is 4.13. The Bertz CT molecular complexity index is 223. The van der Waals surface area contributed by atoms with Crippen molar-refractivity contribution < 1.29 is 0 Å². The van der Waals surface area contributed by atoms with Crippen LogP contribution in [0.15, 0.2) is 0 Å². The molecule has 2 unspecified atom stereocenters. The first-order valence-corrected chi connectivity index (χ1v) is 8.21. The van der Waals surface area contributed by atoms with Gasteiger partial charge in [-0.3, -0.25) is 0 Å². The van der Waals surface area contributed by atoms with E-state index in [9.17, 15) is 0 Å². The van der Waals surface area contributed by atoms with E-state index in [1.807, 2.05) is 0 Å². The minimum atomic E-state index is 0.751. The molecule has 2 heteroatoms. The zero-order valence-corrected chi connectivity index (χ0v) is 12.2. The Morgan fingerprint density at radius 3 is 2.17 bits per heavy atom. The molecule has 2 fully saturated rings. The van der Waals surface area contributed by atoms with Crippen LogP contribution in [0.5, 0.6) is 0 Å². The number of hydrogen-bond donors (Lipinski definition) is 1. The fraction of sp³-hybridized carbons (Fsp3) is 1.00. The molecular formula is C16H32N2. The molecule has 106 valence electrons. The molecule has 0 saturated heterocycles. The zero-order chi connectivity index (χ0) is 12.8. The molecule has 0 heterocycles.